The summed E-state index contributed by atoms with van der Waals surface area (Å²) in [6, 6.07) is 0. The van der Waals surface area contributed by atoms with Gasteiger partial charge in [-0.25, -0.2) is 9.13 Å². The van der Waals surface area contributed by atoms with Crippen molar-refractivity contribution >= 4 is 39.5 Å². The van der Waals surface area contributed by atoms with Gasteiger partial charge in [0.15, 0.2) is 12.2 Å². The van der Waals surface area contributed by atoms with E-state index in [1.807, 2.05) is 0 Å². The fourth-order valence-corrected chi connectivity index (χ4v) is 13.9. The van der Waals surface area contributed by atoms with E-state index in [1.54, 1.807) is 0 Å². The molecule has 0 aliphatic heterocycles. The molecular formula is C80H156O17P2. The molecular weight excluding hydrogens is 1290 g/mol. The van der Waals surface area contributed by atoms with Crippen molar-refractivity contribution in [1.82, 2.24) is 0 Å². The number of carbonyl (C=O) groups excluding carboxylic acids is 4. The molecule has 2 unspecified atom stereocenters. The van der Waals surface area contributed by atoms with Gasteiger partial charge < -0.3 is 33.8 Å². The zero-order chi connectivity index (χ0) is 72.8. The fraction of sp³-hybridized carbons (Fsp3) is 0.950. The van der Waals surface area contributed by atoms with Gasteiger partial charge in [0.05, 0.1) is 26.4 Å². The number of unbranched alkanes of at least 4 members (excludes halogenated alkanes) is 49. The normalized spacial score (nSPS) is 13.9. The van der Waals surface area contributed by atoms with Crippen LogP contribution in [0.4, 0.5) is 0 Å². The number of ether oxygens (including phenoxy) is 4. The van der Waals surface area contributed by atoms with Crippen molar-refractivity contribution < 1.29 is 80.2 Å². The molecule has 0 aliphatic carbocycles. The highest BCUT2D eigenvalue weighted by Gasteiger charge is 2.30. The summed E-state index contributed by atoms with van der Waals surface area (Å²) in [5.41, 5.74) is 0. The lowest BCUT2D eigenvalue weighted by molar-refractivity contribution is -0.161. The summed E-state index contributed by atoms with van der Waals surface area (Å²) in [7, 11) is -9.91. The van der Waals surface area contributed by atoms with Gasteiger partial charge in [-0.05, 0) is 37.5 Å². The lowest BCUT2D eigenvalue weighted by atomic mass is 10.0. The van der Waals surface area contributed by atoms with Crippen LogP contribution in [0, 0.1) is 11.8 Å². The minimum atomic E-state index is -4.96. The molecule has 0 aromatic carbocycles. The Morgan fingerprint density at radius 1 is 0.273 bits per heavy atom. The third-order valence-electron chi connectivity index (χ3n) is 18.7. The van der Waals surface area contributed by atoms with Crippen LogP contribution in [-0.4, -0.2) is 96.7 Å². The molecule has 0 aromatic rings. The van der Waals surface area contributed by atoms with E-state index in [0.717, 1.165) is 108 Å². The lowest BCUT2D eigenvalue weighted by Gasteiger charge is -2.21. The molecule has 0 fully saturated rings. The summed E-state index contributed by atoms with van der Waals surface area (Å²) in [5.74, 6) is -0.571. The molecule has 0 saturated heterocycles. The quantitative estimate of drug-likeness (QED) is 0.0222. The minimum Gasteiger partial charge on any atom is -0.462 e. The molecule has 588 valence electrons. The SMILES string of the molecule is CCCCCCCCCCCCCCCCCCCCCCCCC(=O)O[C@H](COC(=O)CCCCCCCCCCCCCCCC(C)C)COP(=O)(O)OC[C@@H](O)COP(=O)(O)OC[C@@H](COC(=O)CCCCCCCCCC)OC(=O)CCCCCCCCCCCCC(C)C. The first-order valence-electron chi connectivity index (χ1n) is 41.5. The molecule has 0 rings (SSSR count). The summed E-state index contributed by atoms with van der Waals surface area (Å²) in [5, 5.41) is 10.6. The maximum Gasteiger partial charge on any atom is 0.472 e. The van der Waals surface area contributed by atoms with Gasteiger partial charge in [-0.2, -0.15) is 0 Å². The number of aliphatic hydroxyl groups excluding tert-OH is 1. The minimum absolute atomic E-state index is 0.106. The van der Waals surface area contributed by atoms with Crippen LogP contribution in [0.3, 0.4) is 0 Å². The smallest absolute Gasteiger partial charge is 0.462 e. The summed E-state index contributed by atoms with van der Waals surface area (Å²) in [4.78, 5) is 72.9. The molecule has 19 heteroatoms. The van der Waals surface area contributed by atoms with Crippen molar-refractivity contribution in [2.45, 2.75) is 439 Å². The average Bonchev–Trinajstić information content (AvgIpc) is 0.972. The van der Waals surface area contributed by atoms with Crippen LogP contribution >= 0.6 is 15.6 Å². The van der Waals surface area contributed by atoms with Gasteiger partial charge in [0.1, 0.15) is 19.3 Å². The molecule has 0 aromatic heterocycles. The molecule has 0 spiro atoms. The largest absolute Gasteiger partial charge is 0.472 e. The van der Waals surface area contributed by atoms with Crippen molar-refractivity contribution in [2.24, 2.45) is 11.8 Å². The highest BCUT2D eigenvalue weighted by Crippen LogP contribution is 2.45. The summed E-state index contributed by atoms with van der Waals surface area (Å²) in [6.07, 6.45) is 61.3. The Kier molecular flexibility index (Phi) is 70.3. The molecule has 3 N–H and O–H groups in total. The third kappa shape index (κ3) is 74.1. The number of rotatable bonds is 79. The van der Waals surface area contributed by atoms with Crippen molar-refractivity contribution in [3.63, 3.8) is 0 Å². The second-order valence-corrected chi connectivity index (χ2v) is 32.7. The Morgan fingerprint density at radius 3 is 0.687 bits per heavy atom. The van der Waals surface area contributed by atoms with E-state index < -0.39 is 97.5 Å². The molecule has 5 atom stereocenters. The number of aliphatic hydroxyl groups is 1. The Balaban J connectivity index is 5.18. The topological polar surface area (TPSA) is 237 Å². The predicted octanol–water partition coefficient (Wildman–Crippen LogP) is 23.9. The monoisotopic (exact) mass is 1450 g/mol. The van der Waals surface area contributed by atoms with Crippen molar-refractivity contribution in [3.8, 4) is 0 Å². The van der Waals surface area contributed by atoms with Gasteiger partial charge in [-0.3, -0.25) is 37.3 Å². The van der Waals surface area contributed by atoms with Crippen molar-refractivity contribution in [2.75, 3.05) is 39.6 Å². The van der Waals surface area contributed by atoms with E-state index in [2.05, 4.69) is 41.5 Å². The second kappa shape index (κ2) is 71.7. The van der Waals surface area contributed by atoms with E-state index >= 15 is 0 Å². The third-order valence-corrected chi connectivity index (χ3v) is 20.6. The molecule has 0 amide bonds. The maximum absolute atomic E-state index is 13.1. The number of esters is 4. The number of phosphoric ester groups is 2. The molecule has 0 bridgehead atoms. The first-order chi connectivity index (χ1) is 47.9. The van der Waals surface area contributed by atoms with E-state index in [0.29, 0.717) is 25.7 Å². The van der Waals surface area contributed by atoms with E-state index in [9.17, 15) is 43.2 Å². The van der Waals surface area contributed by atoms with Crippen molar-refractivity contribution in [3.05, 3.63) is 0 Å². The maximum atomic E-state index is 13.1. The zero-order valence-electron chi connectivity index (χ0n) is 64.8. The average molecular weight is 1450 g/mol. The van der Waals surface area contributed by atoms with Crippen LogP contribution in [-0.2, 0) is 65.4 Å². The Labute approximate surface area is 607 Å². The highest BCUT2D eigenvalue weighted by molar-refractivity contribution is 7.47. The van der Waals surface area contributed by atoms with Crippen LogP contribution < -0.4 is 0 Å². The van der Waals surface area contributed by atoms with Gasteiger partial charge in [0.25, 0.3) is 0 Å². The summed E-state index contributed by atoms with van der Waals surface area (Å²) in [6.45, 7) is 9.60. The fourth-order valence-electron chi connectivity index (χ4n) is 12.4. The highest BCUT2D eigenvalue weighted by atomic mass is 31.2. The van der Waals surface area contributed by atoms with Crippen LogP contribution in [0.15, 0.2) is 0 Å². The second-order valence-electron chi connectivity index (χ2n) is 29.8. The van der Waals surface area contributed by atoms with Crippen LogP contribution in [0.2, 0.25) is 0 Å². The summed E-state index contributed by atoms with van der Waals surface area (Å²) < 4.78 is 68.6. The molecule has 0 heterocycles. The van der Waals surface area contributed by atoms with E-state index in [1.165, 1.54) is 231 Å². The number of carbonyl (C=O) groups is 4. The number of hydrogen-bond donors (Lipinski definition) is 3. The van der Waals surface area contributed by atoms with Gasteiger partial charge in [0.2, 0.25) is 0 Å². The standard InChI is InChI=1S/C80H156O17P2/c1-7-9-11-13-15-17-18-19-20-21-22-23-24-25-26-27-30-34-40-46-52-58-64-79(84)97-76(69-91-78(83)63-57-51-45-39-33-31-28-29-32-37-42-48-54-60-72(3)4)71-95-99(88,89)93-67-74(81)66-92-98(86,87)94-70-75(68-90-77(82)62-56-50-44-16-14-12-10-8-2)96-80(85)65-59-53-47-41-36-35-38-43-49-55-61-73(5)6/h72-76,81H,7-71H2,1-6H3,(H,86,87)(H,88,89)/t74-,75+,76+/m0/s1. The van der Waals surface area contributed by atoms with Crippen LogP contribution in [0.1, 0.15) is 420 Å². The first kappa shape index (κ1) is 97.1. The predicted molar refractivity (Wildman–Crippen MR) is 405 cm³/mol. The molecule has 0 aliphatic rings. The summed E-state index contributed by atoms with van der Waals surface area (Å²) >= 11 is 0. The van der Waals surface area contributed by atoms with Gasteiger partial charge in [-0.1, -0.05) is 369 Å². The van der Waals surface area contributed by atoms with Gasteiger partial charge in [0, 0.05) is 25.7 Å². The van der Waals surface area contributed by atoms with Crippen LogP contribution in [0.5, 0.6) is 0 Å². The molecule has 17 nitrogen and oxygen atoms in total. The van der Waals surface area contributed by atoms with E-state index in [-0.39, 0.29) is 25.7 Å². The molecule has 99 heavy (non-hydrogen) atoms. The van der Waals surface area contributed by atoms with Crippen LogP contribution in [0.25, 0.3) is 0 Å². The Bertz CT molecular complexity index is 1910. The lowest BCUT2D eigenvalue weighted by Crippen LogP contribution is -2.30. The van der Waals surface area contributed by atoms with E-state index in [4.69, 9.17) is 37.0 Å². The van der Waals surface area contributed by atoms with Crippen molar-refractivity contribution in [1.29, 1.82) is 0 Å². The molecule has 0 saturated carbocycles. The zero-order valence-corrected chi connectivity index (χ0v) is 66.6. The number of phosphoric acid groups is 2. The van der Waals surface area contributed by atoms with Gasteiger partial charge >= 0.3 is 39.5 Å². The van der Waals surface area contributed by atoms with Gasteiger partial charge in [-0.15, -0.1) is 0 Å². The number of hydrogen-bond acceptors (Lipinski definition) is 15. The first-order valence-corrected chi connectivity index (χ1v) is 44.5. The Morgan fingerprint density at radius 2 is 0.465 bits per heavy atom. The Hall–Kier alpha value is -1.94. The molecule has 0 radical (unpaired) electrons.